The third-order valence-electron chi connectivity index (χ3n) is 3.50. The molecule has 0 aliphatic carbocycles. The molecule has 1 aliphatic heterocycles. The zero-order valence-electron chi connectivity index (χ0n) is 11.8. The second-order valence-electron chi connectivity index (χ2n) is 4.93. The first-order valence-corrected chi connectivity index (χ1v) is 8.18. The fraction of sp³-hybridized carbons (Fsp3) is 0.615. The molecule has 1 aromatic rings. The summed E-state index contributed by atoms with van der Waals surface area (Å²) >= 11 is 0. The van der Waals surface area contributed by atoms with Gasteiger partial charge >= 0.3 is 0 Å². The van der Waals surface area contributed by atoms with Gasteiger partial charge in [0.25, 0.3) is 0 Å². The Morgan fingerprint density at radius 2 is 2.40 bits per heavy atom. The number of piperazine rings is 1. The summed E-state index contributed by atoms with van der Waals surface area (Å²) in [5.41, 5.74) is 0.910. The molecule has 1 aliphatic rings. The van der Waals surface area contributed by atoms with Crippen LogP contribution in [0.1, 0.15) is 18.5 Å². The summed E-state index contributed by atoms with van der Waals surface area (Å²) in [4.78, 5) is 4.08. The van der Waals surface area contributed by atoms with Crippen LogP contribution >= 0.6 is 0 Å². The number of methoxy groups -OCH3 is 1. The van der Waals surface area contributed by atoms with Crippen LogP contribution in [0.25, 0.3) is 0 Å². The molecule has 7 heteroatoms. The third kappa shape index (κ3) is 3.17. The highest BCUT2D eigenvalue weighted by atomic mass is 32.2. The fourth-order valence-corrected chi connectivity index (χ4v) is 4.07. The Labute approximate surface area is 120 Å². The molecule has 2 rings (SSSR count). The number of aromatic nitrogens is 1. The van der Waals surface area contributed by atoms with Crippen molar-refractivity contribution in [2.75, 3.05) is 33.4 Å². The molecule has 6 nitrogen and oxygen atoms in total. The first-order valence-electron chi connectivity index (χ1n) is 6.67. The van der Waals surface area contributed by atoms with Crippen molar-refractivity contribution in [3.8, 4) is 0 Å². The highest BCUT2D eigenvalue weighted by molar-refractivity contribution is 7.89. The topological polar surface area (TPSA) is 71.5 Å². The van der Waals surface area contributed by atoms with Gasteiger partial charge in [0, 0.05) is 39.1 Å². The predicted octanol–water partition coefficient (Wildman–Crippen LogP) is 0.393. The first kappa shape index (κ1) is 15.4. The molecule has 0 bridgehead atoms. The van der Waals surface area contributed by atoms with Crippen LogP contribution in [0.15, 0.2) is 24.5 Å². The minimum Gasteiger partial charge on any atom is -0.383 e. The third-order valence-corrected chi connectivity index (χ3v) is 5.74. The number of nitrogens with zero attached hydrogens (tertiary/aromatic N) is 2. The van der Waals surface area contributed by atoms with Crippen LogP contribution in [0.3, 0.4) is 0 Å². The standard InChI is InChI=1S/C13H21N3O3S/c1-11(10-19-2)20(17,18)16-7-6-15-9-13(16)12-4-3-5-14-8-12/h3-5,8,11,13,15H,6-7,9-10H2,1-2H3. The van der Waals surface area contributed by atoms with Gasteiger partial charge < -0.3 is 10.1 Å². The summed E-state index contributed by atoms with van der Waals surface area (Å²) in [6, 6.07) is 3.53. The summed E-state index contributed by atoms with van der Waals surface area (Å²) in [6.45, 7) is 3.61. The lowest BCUT2D eigenvalue weighted by Crippen LogP contribution is -2.51. The molecule has 0 spiro atoms. The van der Waals surface area contributed by atoms with Crippen molar-refractivity contribution in [2.24, 2.45) is 0 Å². The van der Waals surface area contributed by atoms with Gasteiger partial charge in [-0.3, -0.25) is 4.98 Å². The second kappa shape index (κ2) is 6.62. The Bertz CT molecular complexity index is 521. The molecule has 1 fully saturated rings. The molecule has 0 amide bonds. The molecule has 0 aromatic carbocycles. The van der Waals surface area contributed by atoms with E-state index in [0.717, 1.165) is 5.56 Å². The minimum absolute atomic E-state index is 0.200. The highest BCUT2D eigenvalue weighted by Gasteiger charge is 2.36. The quantitative estimate of drug-likeness (QED) is 0.852. The molecular formula is C13H21N3O3S. The van der Waals surface area contributed by atoms with Crippen molar-refractivity contribution < 1.29 is 13.2 Å². The zero-order valence-corrected chi connectivity index (χ0v) is 12.6. The lowest BCUT2D eigenvalue weighted by atomic mass is 10.1. The Hall–Kier alpha value is -1.02. The summed E-state index contributed by atoms with van der Waals surface area (Å²) in [5.74, 6) is 0. The van der Waals surface area contributed by atoms with E-state index in [1.807, 2.05) is 12.1 Å². The minimum atomic E-state index is -3.38. The predicted molar refractivity (Wildman–Crippen MR) is 76.8 cm³/mol. The SMILES string of the molecule is COCC(C)S(=O)(=O)N1CCNCC1c1cccnc1. The maximum atomic E-state index is 12.7. The molecule has 2 heterocycles. The van der Waals surface area contributed by atoms with E-state index in [1.165, 1.54) is 7.11 Å². The van der Waals surface area contributed by atoms with Gasteiger partial charge in [-0.15, -0.1) is 0 Å². The maximum Gasteiger partial charge on any atom is 0.219 e. The van der Waals surface area contributed by atoms with Crippen molar-refractivity contribution in [2.45, 2.75) is 18.2 Å². The normalized spacial score (nSPS) is 22.6. The number of ether oxygens (including phenoxy) is 1. The Morgan fingerprint density at radius 3 is 3.05 bits per heavy atom. The molecule has 112 valence electrons. The largest absolute Gasteiger partial charge is 0.383 e. The number of sulfonamides is 1. The van der Waals surface area contributed by atoms with Gasteiger partial charge in [-0.25, -0.2) is 8.42 Å². The van der Waals surface area contributed by atoms with Gasteiger partial charge in [0.05, 0.1) is 17.9 Å². The van der Waals surface area contributed by atoms with E-state index < -0.39 is 15.3 Å². The van der Waals surface area contributed by atoms with Crippen LogP contribution in [0.4, 0.5) is 0 Å². The molecule has 1 saturated heterocycles. The average molecular weight is 299 g/mol. The van der Waals surface area contributed by atoms with E-state index in [0.29, 0.717) is 19.6 Å². The van der Waals surface area contributed by atoms with Crippen molar-refractivity contribution in [1.29, 1.82) is 0 Å². The van der Waals surface area contributed by atoms with Crippen LogP contribution in [0.2, 0.25) is 0 Å². The number of nitrogens with one attached hydrogen (secondary N) is 1. The lowest BCUT2D eigenvalue weighted by molar-refractivity contribution is 0.194. The number of pyridine rings is 1. The second-order valence-corrected chi connectivity index (χ2v) is 7.23. The van der Waals surface area contributed by atoms with E-state index >= 15 is 0 Å². The summed E-state index contributed by atoms with van der Waals surface area (Å²) in [6.07, 6.45) is 3.41. The smallest absolute Gasteiger partial charge is 0.219 e. The molecule has 0 saturated carbocycles. The Balaban J connectivity index is 2.27. The lowest BCUT2D eigenvalue weighted by Gasteiger charge is -2.36. The monoisotopic (exact) mass is 299 g/mol. The molecule has 2 unspecified atom stereocenters. The van der Waals surface area contributed by atoms with Gasteiger partial charge in [0.1, 0.15) is 0 Å². The average Bonchev–Trinajstić information content (AvgIpc) is 2.48. The molecule has 1 aromatic heterocycles. The first-order chi connectivity index (χ1) is 9.57. The van der Waals surface area contributed by atoms with Gasteiger partial charge in [-0.1, -0.05) is 6.07 Å². The van der Waals surface area contributed by atoms with Crippen LogP contribution in [0.5, 0.6) is 0 Å². The Kier molecular flexibility index (Phi) is 5.09. The van der Waals surface area contributed by atoms with Gasteiger partial charge in [0.15, 0.2) is 0 Å². The van der Waals surface area contributed by atoms with Crippen molar-refractivity contribution in [3.05, 3.63) is 30.1 Å². The summed E-state index contributed by atoms with van der Waals surface area (Å²) < 4.78 is 31.9. The van der Waals surface area contributed by atoms with E-state index in [1.54, 1.807) is 23.6 Å². The van der Waals surface area contributed by atoms with E-state index in [9.17, 15) is 8.42 Å². The van der Waals surface area contributed by atoms with Crippen LogP contribution < -0.4 is 5.32 Å². The zero-order chi connectivity index (χ0) is 14.6. The van der Waals surface area contributed by atoms with E-state index in [2.05, 4.69) is 10.3 Å². The van der Waals surface area contributed by atoms with Crippen molar-refractivity contribution >= 4 is 10.0 Å². The van der Waals surface area contributed by atoms with Gasteiger partial charge in [-0.2, -0.15) is 4.31 Å². The van der Waals surface area contributed by atoms with Crippen LogP contribution in [-0.2, 0) is 14.8 Å². The molecule has 0 radical (unpaired) electrons. The highest BCUT2D eigenvalue weighted by Crippen LogP contribution is 2.26. The summed E-state index contributed by atoms with van der Waals surface area (Å²) in [7, 11) is -1.86. The van der Waals surface area contributed by atoms with E-state index in [4.69, 9.17) is 4.74 Å². The van der Waals surface area contributed by atoms with Crippen molar-refractivity contribution in [1.82, 2.24) is 14.6 Å². The van der Waals surface area contributed by atoms with Gasteiger partial charge in [0.2, 0.25) is 10.0 Å². The molecule has 1 N–H and O–H groups in total. The van der Waals surface area contributed by atoms with Gasteiger partial charge in [-0.05, 0) is 18.6 Å². The van der Waals surface area contributed by atoms with E-state index in [-0.39, 0.29) is 12.6 Å². The van der Waals surface area contributed by atoms with Crippen LogP contribution in [-0.4, -0.2) is 56.3 Å². The summed E-state index contributed by atoms with van der Waals surface area (Å²) in [5, 5.41) is 2.69. The Morgan fingerprint density at radius 1 is 1.60 bits per heavy atom. The number of rotatable bonds is 5. The molecule has 2 atom stereocenters. The van der Waals surface area contributed by atoms with Crippen LogP contribution in [0, 0.1) is 0 Å². The van der Waals surface area contributed by atoms with Crippen molar-refractivity contribution in [3.63, 3.8) is 0 Å². The molecule has 20 heavy (non-hydrogen) atoms. The maximum absolute atomic E-state index is 12.7. The number of hydrogen-bond acceptors (Lipinski definition) is 5. The molecular weight excluding hydrogens is 278 g/mol. The fourth-order valence-electron chi connectivity index (χ4n) is 2.40. The number of hydrogen-bond donors (Lipinski definition) is 1.